The normalized spacial score (nSPS) is 12.2. The summed E-state index contributed by atoms with van der Waals surface area (Å²) in [5.41, 5.74) is -0.618. The summed E-state index contributed by atoms with van der Waals surface area (Å²) >= 11 is 4.01. The van der Waals surface area contributed by atoms with Crippen LogP contribution in [-0.2, 0) is 19.1 Å². The maximum Gasteiger partial charge on any atom is 0.408 e. The molecule has 0 spiro atoms. The molecule has 0 saturated heterocycles. The first-order valence-corrected chi connectivity index (χ1v) is 6.79. The lowest BCUT2D eigenvalue weighted by Gasteiger charge is -2.19. The van der Waals surface area contributed by atoms with Gasteiger partial charge in [0.2, 0.25) is 5.91 Å². The standard InChI is InChI=1S/C12H22N2O5S/c1-8(15)18-9(7-20)5-13-10(16)6-14-11(17)19-12(2,3)4/h9,20H,5-7H2,1-4H3,(H,13,16)(H,14,17). The number of amides is 2. The molecule has 0 aliphatic carbocycles. The van der Waals surface area contributed by atoms with E-state index in [0.29, 0.717) is 5.75 Å². The third-order valence-corrected chi connectivity index (χ3v) is 2.26. The molecule has 0 aromatic heterocycles. The van der Waals surface area contributed by atoms with Gasteiger partial charge in [-0.1, -0.05) is 0 Å². The summed E-state index contributed by atoms with van der Waals surface area (Å²) in [5.74, 6) is -0.556. The zero-order valence-corrected chi connectivity index (χ0v) is 13.1. The van der Waals surface area contributed by atoms with Crippen LogP contribution in [0.25, 0.3) is 0 Å². The van der Waals surface area contributed by atoms with E-state index < -0.39 is 29.7 Å². The molecule has 0 rings (SSSR count). The van der Waals surface area contributed by atoms with Crippen molar-refractivity contribution in [1.29, 1.82) is 0 Å². The number of rotatable bonds is 6. The number of hydrogen-bond donors (Lipinski definition) is 3. The Labute approximate surface area is 124 Å². The second-order valence-corrected chi connectivity index (χ2v) is 5.44. The molecule has 2 amide bonds. The molecule has 2 N–H and O–H groups in total. The molecule has 0 radical (unpaired) electrons. The smallest absolute Gasteiger partial charge is 0.408 e. The second-order valence-electron chi connectivity index (χ2n) is 5.07. The molecule has 8 heteroatoms. The Bertz CT molecular complexity index is 354. The summed E-state index contributed by atoms with van der Waals surface area (Å²) in [4.78, 5) is 33.5. The molecule has 0 saturated carbocycles. The number of nitrogens with one attached hydrogen (secondary N) is 2. The summed E-state index contributed by atoms with van der Waals surface area (Å²) < 4.78 is 9.88. The molecule has 1 atom stereocenters. The summed E-state index contributed by atoms with van der Waals surface area (Å²) in [7, 11) is 0. The molecule has 7 nitrogen and oxygen atoms in total. The Balaban J connectivity index is 3.94. The van der Waals surface area contributed by atoms with Gasteiger partial charge in [0.1, 0.15) is 11.7 Å². The predicted octanol–water partition coefficient (Wildman–Crippen LogP) is 0.489. The highest BCUT2D eigenvalue weighted by molar-refractivity contribution is 7.80. The third kappa shape index (κ3) is 10.5. The lowest BCUT2D eigenvalue weighted by atomic mass is 10.2. The van der Waals surface area contributed by atoms with Crippen LogP contribution in [0.5, 0.6) is 0 Å². The van der Waals surface area contributed by atoms with E-state index in [9.17, 15) is 14.4 Å². The molecule has 116 valence electrons. The van der Waals surface area contributed by atoms with Crippen molar-refractivity contribution in [2.75, 3.05) is 18.8 Å². The molecular weight excluding hydrogens is 284 g/mol. The molecule has 0 heterocycles. The molecular formula is C12H22N2O5S. The Kier molecular flexibility index (Phi) is 8.05. The molecule has 0 fully saturated rings. The maximum atomic E-state index is 11.5. The van der Waals surface area contributed by atoms with Crippen LogP contribution in [0.3, 0.4) is 0 Å². The Morgan fingerprint density at radius 2 is 1.80 bits per heavy atom. The number of alkyl carbamates (subject to hydrolysis) is 1. The quantitative estimate of drug-likeness (QED) is 0.490. The van der Waals surface area contributed by atoms with Gasteiger partial charge in [0, 0.05) is 12.7 Å². The first kappa shape index (κ1) is 18.6. The molecule has 0 aliphatic heterocycles. The molecule has 0 aromatic rings. The van der Waals surface area contributed by atoms with E-state index in [0.717, 1.165) is 0 Å². The van der Waals surface area contributed by atoms with Gasteiger partial charge in [0.15, 0.2) is 0 Å². The maximum absolute atomic E-state index is 11.5. The van der Waals surface area contributed by atoms with Crippen molar-refractivity contribution in [3.05, 3.63) is 0 Å². The van der Waals surface area contributed by atoms with Crippen molar-refractivity contribution in [2.45, 2.75) is 39.4 Å². The second kappa shape index (κ2) is 8.68. The van der Waals surface area contributed by atoms with Gasteiger partial charge in [-0.2, -0.15) is 12.6 Å². The molecule has 20 heavy (non-hydrogen) atoms. The fraction of sp³-hybridized carbons (Fsp3) is 0.750. The van der Waals surface area contributed by atoms with Gasteiger partial charge in [-0.15, -0.1) is 0 Å². The molecule has 1 unspecified atom stereocenters. The first-order valence-electron chi connectivity index (χ1n) is 6.15. The van der Waals surface area contributed by atoms with E-state index in [-0.39, 0.29) is 13.1 Å². The van der Waals surface area contributed by atoms with Gasteiger partial charge >= 0.3 is 12.1 Å². The Morgan fingerprint density at radius 3 is 2.25 bits per heavy atom. The number of hydrogen-bond acceptors (Lipinski definition) is 6. The fourth-order valence-electron chi connectivity index (χ4n) is 1.13. The SMILES string of the molecule is CC(=O)OC(CS)CNC(=O)CNC(=O)OC(C)(C)C. The van der Waals surface area contributed by atoms with Crippen LogP contribution in [0.4, 0.5) is 4.79 Å². The van der Waals surface area contributed by atoms with Crippen molar-refractivity contribution >= 4 is 30.6 Å². The van der Waals surface area contributed by atoms with Crippen LogP contribution in [-0.4, -0.2) is 48.5 Å². The number of ether oxygens (including phenoxy) is 2. The highest BCUT2D eigenvalue weighted by Gasteiger charge is 2.17. The van der Waals surface area contributed by atoms with Crippen molar-refractivity contribution in [1.82, 2.24) is 10.6 Å². The highest BCUT2D eigenvalue weighted by Crippen LogP contribution is 2.06. The van der Waals surface area contributed by atoms with Crippen molar-refractivity contribution in [3.8, 4) is 0 Å². The summed E-state index contributed by atoms with van der Waals surface area (Å²) in [6.45, 7) is 6.38. The van der Waals surface area contributed by atoms with E-state index in [2.05, 4.69) is 23.3 Å². The van der Waals surface area contributed by atoms with E-state index in [1.54, 1.807) is 20.8 Å². The molecule has 0 aliphatic rings. The lowest BCUT2D eigenvalue weighted by molar-refractivity contribution is -0.145. The molecule has 0 bridgehead atoms. The zero-order valence-electron chi connectivity index (χ0n) is 12.2. The van der Waals surface area contributed by atoms with Gasteiger partial charge in [-0.3, -0.25) is 9.59 Å². The van der Waals surface area contributed by atoms with Crippen LogP contribution < -0.4 is 10.6 Å². The van der Waals surface area contributed by atoms with Crippen LogP contribution >= 0.6 is 12.6 Å². The van der Waals surface area contributed by atoms with Crippen molar-refractivity contribution in [3.63, 3.8) is 0 Å². The minimum atomic E-state index is -0.668. The first-order chi connectivity index (χ1) is 9.14. The predicted molar refractivity (Wildman–Crippen MR) is 76.7 cm³/mol. The topological polar surface area (TPSA) is 93.7 Å². The van der Waals surface area contributed by atoms with Gasteiger partial charge in [-0.05, 0) is 20.8 Å². The monoisotopic (exact) mass is 306 g/mol. The minimum Gasteiger partial charge on any atom is -0.460 e. The van der Waals surface area contributed by atoms with Crippen LogP contribution in [0, 0.1) is 0 Å². The third-order valence-electron chi connectivity index (χ3n) is 1.86. The number of carbonyl (C=O) groups excluding carboxylic acids is 3. The number of carbonyl (C=O) groups is 3. The number of esters is 1. The Hall–Kier alpha value is -1.44. The van der Waals surface area contributed by atoms with Crippen molar-refractivity contribution in [2.24, 2.45) is 0 Å². The summed E-state index contributed by atoms with van der Waals surface area (Å²) in [6, 6.07) is 0. The van der Waals surface area contributed by atoms with Crippen LogP contribution in [0.2, 0.25) is 0 Å². The summed E-state index contributed by atoms with van der Waals surface area (Å²) in [6.07, 6.45) is -1.17. The molecule has 0 aromatic carbocycles. The highest BCUT2D eigenvalue weighted by atomic mass is 32.1. The van der Waals surface area contributed by atoms with Crippen molar-refractivity contribution < 1.29 is 23.9 Å². The van der Waals surface area contributed by atoms with Gasteiger partial charge < -0.3 is 20.1 Å². The van der Waals surface area contributed by atoms with E-state index in [1.807, 2.05) is 0 Å². The van der Waals surface area contributed by atoms with Gasteiger partial charge in [0.05, 0.1) is 13.1 Å². The minimum absolute atomic E-state index is 0.137. The zero-order chi connectivity index (χ0) is 15.8. The summed E-state index contributed by atoms with van der Waals surface area (Å²) in [5, 5.41) is 4.84. The fourth-order valence-corrected chi connectivity index (χ4v) is 1.34. The van der Waals surface area contributed by atoms with E-state index in [4.69, 9.17) is 9.47 Å². The Morgan fingerprint density at radius 1 is 1.20 bits per heavy atom. The van der Waals surface area contributed by atoms with Gasteiger partial charge in [0.25, 0.3) is 0 Å². The lowest BCUT2D eigenvalue weighted by Crippen LogP contribution is -2.42. The van der Waals surface area contributed by atoms with Gasteiger partial charge in [-0.25, -0.2) is 4.79 Å². The average Bonchev–Trinajstić information content (AvgIpc) is 2.29. The van der Waals surface area contributed by atoms with E-state index >= 15 is 0 Å². The average molecular weight is 306 g/mol. The number of thiol groups is 1. The van der Waals surface area contributed by atoms with E-state index in [1.165, 1.54) is 6.92 Å². The van der Waals surface area contributed by atoms with Crippen LogP contribution in [0.15, 0.2) is 0 Å². The van der Waals surface area contributed by atoms with Crippen LogP contribution in [0.1, 0.15) is 27.7 Å². The largest absolute Gasteiger partial charge is 0.460 e.